The number of rotatable bonds is 40. The number of esters is 1. The van der Waals surface area contributed by atoms with Crippen LogP contribution in [0.2, 0.25) is 0 Å². The van der Waals surface area contributed by atoms with E-state index in [1.165, 1.54) is 142 Å². The minimum atomic E-state index is -0.0179. The van der Waals surface area contributed by atoms with E-state index in [0.29, 0.717) is 19.4 Å². The Morgan fingerprint density at radius 3 is 1.63 bits per heavy atom. The number of unbranched alkanes of at least 4 members (excludes halogenated alkanes) is 15. The number of carbonyl (C=O) groups excluding carboxylic acids is 3. The molecule has 59 heavy (non-hydrogen) atoms. The van der Waals surface area contributed by atoms with Gasteiger partial charge in [-0.2, -0.15) is 0 Å². The van der Waals surface area contributed by atoms with E-state index in [1.54, 1.807) is 14.2 Å². The van der Waals surface area contributed by atoms with Gasteiger partial charge < -0.3 is 28.7 Å². The molecular weight excluding hydrogens is 735 g/mol. The number of hydrogen-bond donors (Lipinski definition) is 0. The van der Waals surface area contributed by atoms with Gasteiger partial charge in [0.05, 0.1) is 6.61 Å². The fourth-order valence-electron chi connectivity index (χ4n) is 8.02. The average molecular weight is 838 g/mol. The molecule has 352 valence electrons. The molecule has 0 aromatic heterocycles. The van der Waals surface area contributed by atoms with E-state index in [9.17, 15) is 14.4 Å². The van der Waals surface area contributed by atoms with E-state index in [0.717, 1.165) is 107 Å². The normalized spacial score (nSPS) is 13.9. The van der Waals surface area contributed by atoms with Crippen molar-refractivity contribution >= 4 is 18.5 Å². The summed E-state index contributed by atoms with van der Waals surface area (Å²) in [5, 5.41) is 0. The molecule has 1 saturated heterocycles. The molecule has 0 amide bonds. The van der Waals surface area contributed by atoms with Crippen LogP contribution in [0.1, 0.15) is 234 Å². The number of methoxy groups -OCH3 is 2. The standard InChI is InChI=1S/C33H62O4.C11H24O.C8H17NO/c1-3-5-16-22-31(23-17-6-4-2)27-29-37-33(36)26-20-14-10-9-13-19-25-32(30-35)24-18-12-8-7-11-15-21-28-34;1-9(2)6-7-11(8-12-5)10(3)4;1-10-8-4-7-9-5-2-3-6-9/h28,30-32H,3-27,29H2,1-2H3;9-11H,6-8H2,1-5H3;2-8H2,1H3. The lowest BCUT2D eigenvalue weighted by atomic mass is 9.89. The van der Waals surface area contributed by atoms with Crippen LogP contribution >= 0.6 is 0 Å². The SMILES string of the molecule is CCCCCC(CCCCC)CCOC(=O)CCCCCCCCC(C=O)CCCCCCCCC=O.COCC(CCC(C)C)C(C)C.COCCCN1CCCC1. The summed E-state index contributed by atoms with van der Waals surface area (Å²) < 4.78 is 15.7. The minimum absolute atomic E-state index is 0.0179. The molecule has 0 bridgehead atoms. The Kier molecular flexibility index (Phi) is 48.4. The molecule has 7 heteroatoms. The van der Waals surface area contributed by atoms with Crippen LogP contribution in [0.5, 0.6) is 0 Å². The molecule has 1 aliphatic rings. The van der Waals surface area contributed by atoms with E-state index in [-0.39, 0.29) is 11.9 Å². The van der Waals surface area contributed by atoms with Crippen LogP contribution in [-0.4, -0.2) is 77.1 Å². The van der Waals surface area contributed by atoms with E-state index < -0.39 is 0 Å². The van der Waals surface area contributed by atoms with Crippen molar-refractivity contribution in [1.82, 2.24) is 4.90 Å². The third kappa shape index (κ3) is 44.6. The summed E-state index contributed by atoms with van der Waals surface area (Å²) in [4.78, 5) is 36.3. The van der Waals surface area contributed by atoms with Gasteiger partial charge in [0.2, 0.25) is 0 Å². The van der Waals surface area contributed by atoms with Gasteiger partial charge in [-0.05, 0) is 94.5 Å². The Morgan fingerprint density at radius 2 is 1.14 bits per heavy atom. The zero-order valence-corrected chi connectivity index (χ0v) is 40.9. The van der Waals surface area contributed by atoms with Gasteiger partial charge in [-0.15, -0.1) is 0 Å². The predicted octanol–water partition coefficient (Wildman–Crippen LogP) is 14.4. The molecule has 2 atom stereocenters. The molecule has 0 spiro atoms. The number of aldehydes is 2. The van der Waals surface area contributed by atoms with Gasteiger partial charge in [0, 0.05) is 52.7 Å². The van der Waals surface area contributed by atoms with Crippen molar-refractivity contribution in [3.63, 3.8) is 0 Å². The van der Waals surface area contributed by atoms with Crippen molar-refractivity contribution in [2.24, 2.45) is 29.6 Å². The molecule has 1 fully saturated rings. The van der Waals surface area contributed by atoms with Gasteiger partial charge in [-0.1, -0.05) is 164 Å². The highest BCUT2D eigenvalue weighted by atomic mass is 16.5. The van der Waals surface area contributed by atoms with Crippen molar-refractivity contribution in [1.29, 1.82) is 0 Å². The second kappa shape index (κ2) is 47.7. The van der Waals surface area contributed by atoms with E-state index in [4.69, 9.17) is 14.2 Å². The lowest BCUT2D eigenvalue weighted by Crippen LogP contribution is -2.21. The van der Waals surface area contributed by atoms with Gasteiger partial charge in [-0.25, -0.2) is 0 Å². The van der Waals surface area contributed by atoms with Crippen molar-refractivity contribution in [3.8, 4) is 0 Å². The number of carbonyl (C=O) groups is 3. The molecule has 7 nitrogen and oxygen atoms in total. The Balaban J connectivity index is 0. The Hall–Kier alpha value is -1.31. The van der Waals surface area contributed by atoms with E-state index in [1.807, 2.05) is 0 Å². The summed E-state index contributed by atoms with van der Waals surface area (Å²) in [6, 6.07) is 0. The molecule has 0 aromatic rings. The maximum atomic E-state index is 12.1. The molecule has 1 heterocycles. The maximum absolute atomic E-state index is 12.1. The highest BCUT2D eigenvalue weighted by Gasteiger charge is 2.14. The van der Waals surface area contributed by atoms with Crippen molar-refractivity contribution in [3.05, 3.63) is 0 Å². The smallest absolute Gasteiger partial charge is 0.305 e. The van der Waals surface area contributed by atoms with Gasteiger partial charge >= 0.3 is 5.97 Å². The zero-order chi connectivity index (χ0) is 44.0. The summed E-state index contributed by atoms with van der Waals surface area (Å²) in [7, 11) is 3.56. The molecule has 0 aliphatic carbocycles. The lowest BCUT2D eigenvalue weighted by molar-refractivity contribution is -0.144. The van der Waals surface area contributed by atoms with E-state index in [2.05, 4.69) is 46.4 Å². The topological polar surface area (TPSA) is 82.1 Å². The monoisotopic (exact) mass is 838 g/mol. The van der Waals surface area contributed by atoms with Crippen LogP contribution in [0.25, 0.3) is 0 Å². The first kappa shape index (κ1) is 59.8. The van der Waals surface area contributed by atoms with E-state index >= 15 is 0 Å². The summed E-state index contributed by atoms with van der Waals surface area (Å²) in [6.07, 6.45) is 37.1. The largest absolute Gasteiger partial charge is 0.466 e. The first-order chi connectivity index (χ1) is 28.7. The Labute approximate surface area is 368 Å². The van der Waals surface area contributed by atoms with Gasteiger partial charge in [-0.3, -0.25) is 4.79 Å². The molecular formula is C52H103NO6. The third-order valence-electron chi connectivity index (χ3n) is 12.2. The second-order valence-corrected chi connectivity index (χ2v) is 18.6. The fraction of sp³-hybridized carbons (Fsp3) is 0.942. The van der Waals surface area contributed by atoms with Crippen molar-refractivity contribution in [2.75, 3.05) is 53.7 Å². The number of nitrogens with zero attached hydrogens (tertiary/aromatic N) is 1. The fourth-order valence-corrected chi connectivity index (χ4v) is 8.02. The lowest BCUT2D eigenvalue weighted by Gasteiger charge is -2.20. The summed E-state index contributed by atoms with van der Waals surface area (Å²) in [5.74, 6) is 3.25. The third-order valence-corrected chi connectivity index (χ3v) is 12.2. The first-order valence-electron chi connectivity index (χ1n) is 25.4. The van der Waals surface area contributed by atoms with Crippen LogP contribution in [0.15, 0.2) is 0 Å². The molecule has 0 radical (unpaired) electrons. The van der Waals surface area contributed by atoms with Crippen molar-refractivity contribution in [2.45, 2.75) is 234 Å². The van der Waals surface area contributed by atoms with Gasteiger partial charge in [0.25, 0.3) is 0 Å². The zero-order valence-electron chi connectivity index (χ0n) is 40.9. The Morgan fingerprint density at radius 1 is 0.593 bits per heavy atom. The molecule has 0 N–H and O–H groups in total. The van der Waals surface area contributed by atoms with Crippen LogP contribution in [0.4, 0.5) is 0 Å². The maximum Gasteiger partial charge on any atom is 0.305 e. The van der Waals surface area contributed by atoms with Gasteiger partial charge in [0.1, 0.15) is 12.6 Å². The summed E-state index contributed by atoms with van der Waals surface area (Å²) >= 11 is 0. The molecule has 2 unspecified atom stereocenters. The Bertz CT molecular complexity index is 850. The second-order valence-electron chi connectivity index (χ2n) is 18.6. The average Bonchev–Trinajstić information content (AvgIpc) is 3.74. The van der Waals surface area contributed by atoms with Crippen LogP contribution < -0.4 is 0 Å². The van der Waals surface area contributed by atoms with Crippen molar-refractivity contribution < 1.29 is 28.6 Å². The quantitative estimate of drug-likeness (QED) is 0.0345. The first-order valence-corrected chi connectivity index (χ1v) is 25.4. The number of hydrogen-bond acceptors (Lipinski definition) is 7. The highest BCUT2D eigenvalue weighted by molar-refractivity contribution is 5.69. The predicted molar refractivity (Wildman–Crippen MR) is 253 cm³/mol. The molecule has 1 rings (SSSR count). The highest BCUT2D eigenvalue weighted by Crippen LogP contribution is 2.22. The molecule has 1 aliphatic heterocycles. The van der Waals surface area contributed by atoms with Crippen LogP contribution in [0, 0.1) is 29.6 Å². The summed E-state index contributed by atoms with van der Waals surface area (Å²) in [6.45, 7) is 19.9. The molecule has 0 aromatic carbocycles. The molecule has 0 saturated carbocycles. The van der Waals surface area contributed by atoms with Crippen LogP contribution in [0.3, 0.4) is 0 Å². The number of ether oxygens (including phenoxy) is 3. The van der Waals surface area contributed by atoms with Gasteiger partial charge in [0.15, 0.2) is 0 Å². The summed E-state index contributed by atoms with van der Waals surface area (Å²) in [5.41, 5.74) is 0. The number of likely N-dealkylation sites (tertiary alicyclic amines) is 1. The minimum Gasteiger partial charge on any atom is -0.466 e. The van der Waals surface area contributed by atoms with Crippen LogP contribution in [-0.2, 0) is 28.6 Å².